The van der Waals surface area contributed by atoms with E-state index in [9.17, 15) is 25.9 Å². The van der Waals surface area contributed by atoms with Gasteiger partial charge in [0.05, 0.1) is 0 Å². The molecular weight excluding hydrogens is 504 g/mol. The van der Waals surface area contributed by atoms with Crippen molar-refractivity contribution in [1.82, 2.24) is 0 Å². The van der Waals surface area contributed by atoms with Gasteiger partial charge in [-0.25, -0.2) is 0 Å². The van der Waals surface area contributed by atoms with Gasteiger partial charge in [0, 0.05) is 59.1 Å². The van der Waals surface area contributed by atoms with Gasteiger partial charge in [-0.1, -0.05) is 48.5 Å². The van der Waals surface area contributed by atoms with Crippen molar-refractivity contribution in [2.24, 2.45) is 11.5 Å². The fraction of sp³-hybridized carbons (Fsp3) is 0.167. The smallest absolute Gasteiger partial charge is 0.295 e. The summed E-state index contributed by atoms with van der Waals surface area (Å²) >= 11 is 0. The minimum atomic E-state index is -4.22. The summed E-state index contributed by atoms with van der Waals surface area (Å²) in [7, 11) is -8.44. The first kappa shape index (κ1) is 27.3. The Bertz CT molecular complexity index is 1460. The van der Waals surface area contributed by atoms with E-state index in [2.05, 4.69) is 10.6 Å². The standard InChI is InChI=1S/2C12H14N2O3S/c2*13-7-8-14-11-5-1-4-10-9(11)3-2-6-12(10)18(15,16)17/h2*1-6,14H,7-8,13H2,(H,15,16,17). The molecule has 0 bridgehead atoms. The molecule has 0 fully saturated rings. The van der Waals surface area contributed by atoms with Gasteiger partial charge in [-0.15, -0.1) is 0 Å². The molecule has 0 amide bonds. The van der Waals surface area contributed by atoms with E-state index in [1.165, 1.54) is 12.1 Å². The number of rotatable bonds is 8. The molecule has 0 saturated heterocycles. The molecule has 192 valence electrons. The Balaban J connectivity index is 0.000000201. The molecule has 0 aromatic heterocycles. The highest BCUT2D eigenvalue weighted by atomic mass is 32.2. The van der Waals surface area contributed by atoms with Gasteiger partial charge >= 0.3 is 0 Å². The number of fused-ring (bicyclic) bond motifs is 2. The maximum atomic E-state index is 11.3. The summed E-state index contributed by atoms with van der Waals surface area (Å²) in [5.74, 6) is 0. The first-order chi connectivity index (χ1) is 17.1. The van der Waals surface area contributed by atoms with E-state index in [-0.39, 0.29) is 9.79 Å². The van der Waals surface area contributed by atoms with Gasteiger partial charge in [0.1, 0.15) is 9.79 Å². The van der Waals surface area contributed by atoms with Crippen LogP contribution in [-0.2, 0) is 20.2 Å². The Labute approximate surface area is 209 Å². The minimum Gasteiger partial charge on any atom is -0.383 e. The molecule has 0 saturated carbocycles. The van der Waals surface area contributed by atoms with Crippen LogP contribution >= 0.6 is 0 Å². The monoisotopic (exact) mass is 532 g/mol. The SMILES string of the molecule is NCCNc1cccc2c(S(=O)(=O)O)cccc12.NCCNc1cccc2c(S(=O)(=O)O)cccc12. The molecule has 12 heteroatoms. The number of hydrogen-bond acceptors (Lipinski definition) is 8. The van der Waals surface area contributed by atoms with E-state index in [4.69, 9.17) is 11.5 Å². The summed E-state index contributed by atoms with van der Waals surface area (Å²) in [5.41, 5.74) is 12.4. The summed E-state index contributed by atoms with van der Waals surface area (Å²) in [5, 5.41) is 8.68. The Hall–Kier alpha value is -3.26. The van der Waals surface area contributed by atoms with Gasteiger partial charge < -0.3 is 22.1 Å². The van der Waals surface area contributed by atoms with Crippen LogP contribution in [0.4, 0.5) is 11.4 Å². The third-order valence-corrected chi connectivity index (χ3v) is 7.06. The van der Waals surface area contributed by atoms with Crippen LogP contribution in [0.25, 0.3) is 21.5 Å². The van der Waals surface area contributed by atoms with E-state index in [0.717, 1.165) is 22.1 Å². The van der Waals surface area contributed by atoms with Gasteiger partial charge in [0.2, 0.25) is 0 Å². The lowest BCUT2D eigenvalue weighted by Gasteiger charge is -2.10. The van der Waals surface area contributed by atoms with Gasteiger partial charge in [0.25, 0.3) is 20.2 Å². The van der Waals surface area contributed by atoms with Crippen molar-refractivity contribution in [1.29, 1.82) is 0 Å². The molecule has 4 aromatic carbocycles. The highest BCUT2D eigenvalue weighted by Gasteiger charge is 2.15. The average molecular weight is 533 g/mol. The van der Waals surface area contributed by atoms with Crippen molar-refractivity contribution in [2.45, 2.75) is 9.79 Å². The highest BCUT2D eigenvalue weighted by Crippen LogP contribution is 2.29. The average Bonchev–Trinajstić information content (AvgIpc) is 2.84. The molecule has 10 nitrogen and oxygen atoms in total. The van der Waals surface area contributed by atoms with Crippen molar-refractivity contribution >= 4 is 53.2 Å². The van der Waals surface area contributed by atoms with Crippen molar-refractivity contribution in [3.05, 3.63) is 72.8 Å². The van der Waals surface area contributed by atoms with Crippen LogP contribution in [-0.4, -0.2) is 52.1 Å². The molecule has 0 aliphatic rings. The van der Waals surface area contributed by atoms with Gasteiger partial charge in [-0.05, 0) is 24.3 Å². The summed E-state index contributed by atoms with van der Waals surface area (Å²) in [6.45, 7) is 2.15. The second-order valence-corrected chi connectivity index (χ2v) is 10.5. The molecule has 0 aliphatic heterocycles. The Morgan fingerprint density at radius 3 is 1.22 bits per heavy atom. The van der Waals surface area contributed by atoms with Crippen LogP contribution in [0.2, 0.25) is 0 Å². The number of nitrogens with one attached hydrogen (secondary N) is 2. The van der Waals surface area contributed by atoms with Crippen molar-refractivity contribution < 1.29 is 25.9 Å². The maximum absolute atomic E-state index is 11.3. The van der Waals surface area contributed by atoms with Crippen LogP contribution in [0.1, 0.15) is 0 Å². The molecular formula is C24H28N4O6S2. The van der Waals surface area contributed by atoms with E-state index < -0.39 is 20.2 Å². The predicted molar refractivity (Wildman–Crippen MR) is 143 cm³/mol. The molecule has 0 aliphatic carbocycles. The topological polar surface area (TPSA) is 185 Å². The second-order valence-electron chi connectivity index (χ2n) is 7.69. The summed E-state index contributed by atoms with van der Waals surface area (Å²) in [6.07, 6.45) is 0. The molecule has 0 heterocycles. The van der Waals surface area contributed by atoms with Crippen LogP contribution in [0.3, 0.4) is 0 Å². The minimum absolute atomic E-state index is 0.0867. The molecule has 4 aromatic rings. The third kappa shape index (κ3) is 6.49. The van der Waals surface area contributed by atoms with Gasteiger partial charge in [-0.2, -0.15) is 16.8 Å². The molecule has 0 spiro atoms. The summed E-state index contributed by atoms with van der Waals surface area (Å²) in [6, 6.07) is 20.0. The molecule has 36 heavy (non-hydrogen) atoms. The van der Waals surface area contributed by atoms with E-state index in [0.29, 0.717) is 37.0 Å². The number of benzene rings is 4. The van der Waals surface area contributed by atoms with Crippen LogP contribution in [0.15, 0.2) is 82.6 Å². The second kappa shape index (κ2) is 11.6. The molecule has 0 unspecified atom stereocenters. The van der Waals surface area contributed by atoms with Crippen molar-refractivity contribution in [2.75, 3.05) is 36.8 Å². The molecule has 8 N–H and O–H groups in total. The van der Waals surface area contributed by atoms with Crippen molar-refractivity contribution in [3.63, 3.8) is 0 Å². The fourth-order valence-corrected chi connectivity index (χ4v) is 5.15. The number of anilines is 2. The molecule has 4 rings (SSSR count). The molecule has 0 radical (unpaired) electrons. The number of nitrogens with two attached hydrogens (primary N) is 2. The zero-order chi connectivity index (χ0) is 26.3. The first-order valence-corrected chi connectivity index (χ1v) is 13.8. The Morgan fingerprint density at radius 2 is 0.889 bits per heavy atom. The molecule has 0 atom stereocenters. The van der Waals surface area contributed by atoms with Gasteiger partial charge in [-0.3, -0.25) is 9.11 Å². The fourth-order valence-electron chi connectivity index (χ4n) is 3.73. The van der Waals surface area contributed by atoms with Crippen LogP contribution < -0.4 is 22.1 Å². The normalized spacial score (nSPS) is 11.7. The van der Waals surface area contributed by atoms with E-state index >= 15 is 0 Å². The lowest BCUT2D eigenvalue weighted by molar-refractivity contribution is 0.482. The zero-order valence-corrected chi connectivity index (χ0v) is 20.9. The summed E-state index contributed by atoms with van der Waals surface area (Å²) in [4.78, 5) is -0.173. The summed E-state index contributed by atoms with van der Waals surface area (Å²) < 4.78 is 63.5. The number of hydrogen-bond donors (Lipinski definition) is 6. The first-order valence-electron chi connectivity index (χ1n) is 10.9. The highest BCUT2D eigenvalue weighted by molar-refractivity contribution is 7.86. The Morgan fingerprint density at radius 1 is 0.556 bits per heavy atom. The maximum Gasteiger partial charge on any atom is 0.295 e. The van der Waals surface area contributed by atoms with Gasteiger partial charge in [0.15, 0.2) is 0 Å². The van der Waals surface area contributed by atoms with Crippen LogP contribution in [0.5, 0.6) is 0 Å². The van der Waals surface area contributed by atoms with Crippen molar-refractivity contribution in [3.8, 4) is 0 Å². The van der Waals surface area contributed by atoms with E-state index in [1.54, 1.807) is 48.5 Å². The van der Waals surface area contributed by atoms with Crippen LogP contribution in [0, 0.1) is 0 Å². The quantitative estimate of drug-likeness (QED) is 0.184. The third-order valence-electron chi connectivity index (χ3n) is 5.24. The Kier molecular flexibility index (Phi) is 8.84. The lowest BCUT2D eigenvalue weighted by Crippen LogP contribution is -2.13. The lowest BCUT2D eigenvalue weighted by atomic mass is 10.1. The zero-order valence-electron chi connectivity index (χ0n) is 19.3. The predicted octanol–water partition coefficient (Wildman–Crippen LogP) is 2.91. The largest absolute Gasteiger partial charge is 0.383 e. The van der Waals surface area contributed by atoms with E-state index in [1.807, 2.05) is 12.1 Å².